The van der Waals surface area contributed by atoms with E-state index in [1.54, 1.807) is 0 Å². The van der Waals surface area contributed by atoms with Gasteiger partial charge in [-0.3, -0.25) is 4.90 Å². The Bertz CT molecular complexity index is 618. The number of rotatable bonds is 3. The average Bonchev–Trinajstić information content (AvgIpc) is 3.21. The van der Waals surface area contributed by atoms with Gasteiger partial charge in [0.15, 0.2) is 0 Å². The molecule has 2 aliphatic rings. The van der Waals surface area contributed by atoms with Gasteiger partial charge in [-0.05, 0) is 56.6 Å². The van der Waals surface area contributed by atoms with Crippen LogP contribution < -0.4 is 0 Å². The average molecular weight is 303 g/mol. The standard InChI is InChI=1S/C15H21N5S/c1-19-13-6-3-2-5-12(13)16-15(19)14-7-4-8-20(14)9-11-10-21-18-17-11/h10,14H,2-9H2,1H3/t14-/m1/s1. The lowest BCUT2D eigenvalue weighted by Crippen LogP contribution is -2.25. The summed E-state index contributed by atoms with van der Waals surface area (Å²) in [7, 11) is 2.20. The van der Waals surface area contributed by atoms with Crippen molar-refractivity contribution in [2.45, 2.75) is 51.1 Å². The quantitative estimate of drug-likeness (QED) is 0.874. The normalized spacial score (nSPS) is 22.6. The fraction of sp³-hybridized carbons (Fsp3) is 0.667. The van der Waals surface area contributed by atoms with Gasteiger partial charge in [-0.25, -0.2) is 4.98 Å². The molecule has 1 fully saturated rings. The zero-order chi connectivity index (χ0) is 14.2. The van der Waals surface area contributed by atoms with Crippen molar-refractivity contribution in [3.05, 3.63) is 28.3 Å². The second-order valence-electron chi connectivity index (χ2n) is 6.15. The first kappa shape index (κ1) is 13.4. The molecule has 6 heteroatoms. The van der Waals surface area contributed by atoms with E-state index in [1.807, 2.05) is 0 Å². The largest absolute Gasteiger partial charge is 0.334 e. The summed E-state index contributed by atoms with van der Waals surface area (Å²) < 4.78 is 6.35. The summed E-state index contributed by atoms with van der Waals surface area (Å²) in [6.07, 6.45) is 7.42. The summed E-state index contributed by atoms with van der Waals surface area (Å²) in [5.41, 5.74) is 3.91. The zero-order valence-corrected chi connectivity index (χ0v) is 13.3. The SMILES string of the molecule is Cn1c([C@H]2CCCN2Cc2csnn2)nc2c1CCCC2. The van der Waals surface area contributed by atoms with Gasteiger partial charge in [0.2, 0.25) is 0 Å². The fourth-order valence-electron chi connectivity index (χ4n) is 3.77. The van der Waals surface area contributed by atoms with Gasteiger partial charge < -0.3 is 4.57 Å². The van der Waals surface area contributed by atoms with E-state index in [-0.39, 0.29) is 0 Å². The van der Waals surface area contributed by atoms with Gasteiger partial charge in [-0.2, -0.15) is 0 Å². The van der Waals surface area contributed by atoms with E-state index in [1.165, 1.54) is 60.8 Å². The minimum Gasteiger partial charge on any atom is -0.334 e. The number of imidazole rings is 1. The number of likely N-dealkylation sites (tertiary alicyclic amines) is 1. The molecule has 0 spiro atoms. The van der Waals surface area contributed by atoms with Crippen molar-refractivity contribution < 1.29 is 0 Å². The second-order valence-corrected chi connectivity index (χ2v) is 6.76. The maximum absolute atomic E-state index is 5.00. The van der Waals surface area contributed by atoms with Gasteiger partial charge in [0.1, 0.15) is 5.82 Å². The van der Waals surface area contributed by atoms with Crippen LogP contribution in [0.1, 0.15) is 54.6 Å². The van der Waals surface area contributed by atoms with Crippen LogP contribution in [0, 0.1) is 0 Å². The molecule has 0 aromatic carbocycles. The van der Waals surface area contributed by atoms with Gasteiger partial charge in [0.05, 0.1) is 17.4 Å². The molecule has 21 heavy (non-hydrogen) atoms. The van der Waals surface area contributed by atoms with Gasteiger partial charge in [-0.1, -0.05) is 4.49 Å². The van der Waals surface area contributed by atoms with Crippen molar-refractivity contribution in [1.29, 1.82) is 0 Å². The molecule has 5 nitrogen and oxygen atoms in total. The molecule has 1 aliphatic carbocycles. The summed E-state index contributed by atoms with van der Waals surface area (Å²) in [4.78, 5) is 7.52. The van der Waals surface area contributed by atoms with Crippen LogP contribution in [0.2, 0.25) is 0 Å². The number of hydrogen-bond donors (Lipinski definition) is 0. The topological polar surface area (TPSA) is 46.8 Å². The predicted octanol–water partition coefficient (Wildman–Crippen LogP) is 2.49. The van der Waals surface area contributed by atoms with Crippen molar-refractivity contribution in [2.24, 2.45) is 7.05 Å². The summed E-state index contributed by atoms with van der Waals surface area (Å²) in [6.45, 7) is 2.04. The van der Waals surface area contributed by atoms with Crippen LogP contribution >= 0.6 is 11.5 Å². The van der Waals surface area contributed by atoms with E-state index in [9.17, 15) is 0 Å². The Morgan fingerprint density at radius 1 is 1.29 bits per heavy atom. The molecule has 1 saturated heterocycles. The Labute approximate surface area is 129 Å². The van der Waals surface area contributed by atoms with E-state index in [0.717, 1.165) is 25.2 Å². The van der Waals surface area contributed by atoms with Gasteiger partial charge in [0.25, 0.3) is 0 Å². The third-order valence-corrected chi connectivity index (χ3v) is 5.39. The Hall–Kier alpha value is -1.27. The molecule has 112 valence electrons. The number of nitrogens with zero attached hydrogens (tertiary/aromatic N) is 5. The maximum Gasteiger partial charge on any atom is 0.126 e. The third kappa shape index (κ3) is 2.40. The Balaban J connectivity index is 1.61. The Morgan fingerprint density at radius 3 is 3.00 bits per heavy atom. The Morgan fingerprint density at radius 2 is 2.19 bits per heavy atom. The number of aryl methyl sites for hydroxylation is 1. The van der Waals surface area contributed by atoms with Crippen LogP contribution in [0.3, 0.4) is 0 Å². The van der Waals surface area contributed by atoms with Gasteiger partial charge in [0, 0.05) is 24.7 Å². The van der Waals surface area contributed by atoms with Crippen molar-refractivity contribution in [2.75, 3.05) is 6.54 Å². The van der Waals surface area contributed by atoms with Crippen molar-refractivity contribution in [3.8, 4) is 0 Å². The smallest absolute Gasteiger partial charge is 0.126 e. The molecule has 3 heterocycles. The first-order valence-electron chi connectivity index (χ1n) is 7.87. The van der Waals surface area contributed by atoms with Crippen molar-refractivity contribution in [3.63, 3.8) is 0 Å². The maximum atomic E-state index is 5.00. The molecular formula is C15H21N5S. The van der Waals surface area contributed by atoms with Crippen LogP contribution in [-0.2, 0) is 26.4 Å². The molecule has 2 aromatic rings. The van der Waals surface area contributed by atoms with E-state index in [4.69, 9.17) is 4.98 Å². The summed E-state index contributed by atoms with van der Waals surface area (Å²) in [5.74, 6) is 1.27. The van der Waals surface area contributed by atoms with E-state index < -0.39 is 0 Å². The first-order valence-corrected chi connectivity index (χ1v) is 8.71. The fourth-order valence-corrected chi connectivity index (χ4v) is 4.22. The van der Waals surface area contributed by atoms with E-state index in [2.05, 4.69) is 31.5 Å². The summed E-state index contributed by atoms with van der Waals surface area (Å²) in [6, 6.07) is 0.447. The highest BCUT2D eigenvalue weighted by Gasteiger charge is 2.31. The highest BCUT2D eigenvalue weighted by atomic mass is 32.1. The number of hydrogen-bond acceptors (Lipinski definition) is 5. The molecular weight excluding hydrogens is 282 g/mol. The second kappa shape index (κ2) is 5.50. The highest BCUT2D eigenvalue weighted by molar-refractivity contribution is 7.03. The van der Waals surface area contributed by atoms with Crippen LogP contribution in [-0.4, -0.2) is 30.6 Å². The zero-order valence-electron chi connectivity index (χ0n) is 12.5. The molecule has 4 rings (SSSR count). The summed E-state index contributed by atoms with van der Waals surface area (Å²) in [5, 5.41) is 6.25. The van der Waals surface area contributed by atoms with E-state index >= 15 is 0 Å². The Kier molecular flexibility index (Phi) is 3.51. The lowest BCUT2D eigenvalue weighted by atomic mass is 10.0. The molecule has 0 bridgehead atoms. The third-order valence-electron chi connectivity index (χ3n) is 4.84. The van der Waals surface area contributed by atoms with Gasteiger partial charge >= 0.3 is 0 Å². The predicted molar refractivity (Wildman–Crippen MR) is 82.1 cm³/mol. The van der Waals surface area contributed by atoms with Crippen LogP contribution in [0.4, 0.5) is 0 Å². The highest BCUT2D eigenvalue weighted by Crippen LogP contribution is 2.34. The lowest BCUT2D eigenvalue weighted by Gasteiger charge is -2.23. The molecule has 0 radical (unpaired) electrons. The van der Waals surface area contributed by atoms with Crippen molar-refractivity contribution in [1.82, 2.24) is 24.0 Å². The summed E-state index contributed by atoms with van der Waals surface area (Å²) >= 11 is 1.44. The molecule has 1 aliphatic heterocycles. The van der Waals surface area contributed by atoms with Crippen molar-refractivity contribution >= 4 is 11.5 Å². The molecule has 0 unspecified atom stereocenters. The van der Waals surface area contributed by atoms with Crippen LogP contribution in [0.25, 0.3) is 0 Å². The number of fused-ring (bicyclic) bond motifs is 1. The van der Waals surface area contributed by atoms with Gasteiger partial charge in [-0.15, -0.1) is 5.10 Å². The van der Waals surface area contributed by atoms with Crippen LogP contribution in [0.5, 0.6) is 0 Å². The molecule has 1 atom stereocenters. The number of aromatic nitrogens is 4. The molecule has 0 saturated carbocycles. The molecule has 2 aromatic heterocycles. The van der Waals surface area contributed by atoms with Crippen LogP contribution in [0.15, 0.2) is 5.38 Å². The van der Waals surface area contributed by atoms with E-state index in [0.29, 0.717) is 6.04 Å². The first-order chi connectivity index (χ1) is 10.3. The monoisotopic (exact) mass is 303 g/mol. The molecule has 0 N–H and O–H groups in total. The minimum atomic E-state index is 0.447. The lowest BCUT2D eigenvalue weighted by molar-refractivity contribution is 0.233. The molecule has 0 amide bonds. The minimum absolute atomic E-state index is 0.447.